The Morgan fingerprint density at radius 1 is 1.00 bits per heavy atom. The van der Waals surface area contributed by atoms with E-state index >= 15 is 0 Å². The number of carbonyl (C=O) groups excluding carboxylic acids is 1. The Bertz CT molecular complexity index is 401. The van der Waals surface area contributed by atoms with Gasteiger partial charge in [0.25, 0.3) is 0 Å². The summed E-state index contributed by atoms with van der Waals surface area (Å²) < 4.78 is 0. The predicted octanol–water partition coefficient (Wildman–Crippen LogP) is 3.85. The Balaban J connectivity index is 1.95. The molecular weight excluding hydrogens is 306 g/mol. The van der Waals surface area contributed by atoms with Gasteiger partial charge in [0.15, 0.2) is 0 Å². The van der Waals surface area contributed by atoms with Crippen molar-refractivity contribution in [3.63, 3.8) is 0 Å². The van der Waals surface area contributed by atoms with Crippen LogP contribution < -0.4 is 16.0 Å². The average Bonchev–Trinajstić information content (AvgIpc) is 2.49. The van der Waals surface area contributed by atoms with E-state index in [1.807, 2.05) is 13.2 Å². The maximum absolute atomic E-state index is 11.9. The summed E-state index contributed by atoms with van der Waals surface area (Å²) in [5.41, 5.74) is 0.920. The molecule has 1 unspecified atom stereocenters. The number of amides is 1. The van der Waals surface area contributed by atoms with Gasteiger partial charge in [0.1, 0.15) is 0 Å². The number of hydrogen-bond acceptors (Lipinski definition) is 4. The molecule has 1 aliphatic carbocycles. The fraction of sp³-hybridized carbons (Fsp3) is 0.833. The second-order valence-corrected chi connectivity index (χ2v) is 7.95. The highest BCUT2D eigenvalue weighted by atomic mass is 32.2. The molecule has 0 radical (unpaired) electrons. The zero-order chi connectivity index (χ0) is 16.5. The highest BCUT2D eigenvalue weighted by molar-refractivity contribution is 7.99. The second-order valence-electron chi connectivity index (χ2n) is 6.93. The zero-order valence-electron chi connectivity index (χ0n) is 14.7. The zero-order valence-corrected chi connectivity index (χ0v) is 15.6. The van der Waals surface area contributed by atoms with E-state index in [4.69, 9.17) is 0 Å². The summed E-state index contributed by atoms with van der Waals surface area (Å²) in [7, 11) is 0. The van der Waals surface area contributed by atoms with Gasteiger partial charge in [-0.05, 0) is 26.0 Å². The van der Waals surface area contributed by atoms with E-state index in [0.717, 1.165) is 5.70 Å². The summed E-state index contributed by atoms with van der Waals surface area (Å²) in [6.07, 6.45) is 18.2. The predicted molar refractivity (Wildman–Crippen MR) is 99.0 cm³/mol. The van der Waals surface area contributed by atoms with Gasteiger partial charge < -0.3 is 10.6 Å². The van der Waals surface area contributed by atoms with Crippen molar-refractivity contribution in [2.45, 2.75) is 88.7 Å². The van der Waals surface area contributed by atoms with Crippen molar-refractivity contribution in [2.75, 3.05) is 6.26 Å². The van der Waals surface area contributed by atoms with Crippen LogP contribution in [0.15, 0.2) is 11.8 Å². The highest BCUT2D eigenvalue weighted by Crippen LogP contribution is 2.23. The largest absolute Gasteiger partial charge is 0.345 e. The van der Waals surface area contributed by atoms with Gasteiger partial charge in [-0.2, -0.15) is 0 Å². The maximum Gasteiger partial charge on any atom is 0.249 e. The third-order valence-electron chi connectivity index (χ3n) is 4.84. The first-order valence-electron chi connectivity index (χ1n) is 9.25. The number of thioether (sulfide) groups is 1. The minimum Gasteiger partial charge on any atom is -0.345 e. The molecule has 1 fully saturated rings. The topological polar surface area (TPSA) is 53.2 Å². The van der Waals surface area contributed by atoms with Crippen LogP contribution >= 0.6 is 11.8 Å². The van der Waals surface area contributed by atoms with Crippen molar-refractivity contribution in [1.29, 1.82) is 0 Å². The lowest BCUT2D eigenvalue weighted by molar-refractivity contribution is -0.118. The van der Waals surface area contributed by atoms with Gasteiger partial charge in [0.05, 0.1) is 0 Å². The molecule has 5 heteroatoms. The summed E-state index contributed by atoms with van der Waals surface area (Å²) in [4.78, 5) is 11.9. The molecule has 2 rings (SSSR count). The van der Waals surface area contributed by atoms with E-state index in [-0.39, 0.29) is 5.91 Å². The average molecular weight is 340 g/mol. The lowest BCUT2D eigenvalue weighted by Crippen LogP contribution is -2.68. The maximum atomic E-state index is 11.9. The van der Waals surface area contributed by atoms with Crippen LogP contribution in [0.4, 0.5) is 0 Å². The van der Waals surface area contributed by atoms with Crippen LogP contribution in [0.3, 0.4) is 0 Å². The molecule has 0 aromatic carbocycles. The molecule has 1 saturated carbocycles. The summed E-state index contributed by atoms with van der Waals surface area (Å²) in [6, 6.07) is 0.459. The first kappa shape index (κ1) is 18.7. The number of rotatable bonds is 3. The van der Waals surface area contributed by atoms with Crippen LogP contribution in [0.5, 0.6) is 0 Å². The Morgan fingerprint density at radius 3 is 2.00 bits per heavy atom. The van der Waals surface area contributed by atoms with Gasteiger partial charge in [-0.25, -0.2) is 0 Å². The molecule has 3 N–H and O–H groups in total. The van der Waals surface area contributed by atoms with Crippen LogP contribution in [0, 0.1) is 0 Å². The van der Waals surface area contributed by atoms with Crippen LogP contribution in [-0.4, -0.2) is 23.3 Å². The van der Waals surface area contributed by atoms with Gasteiger partial charge >= 0.3 is 0 Å². The molecule has 23 heavy (non-hydrogen) atoms. The summed E-state index contributed by atoms with van der Waals surface area (Å²) in [5.74, 6) is -0.0174. The molecular formula is C18H33N3OS. The summed E-state index contributed by atoms with van der Waals surface area (Å²) in [6.45, 7) is 1.95. The first-order chi connectivity index (χ1) is 11.1. The van der Waals surface area contributed by atoms with Gasteiger partial charge in [0.2, 0.25) is 11.0 Å². The van der Waals surface area contributed by atoms with Crippen LogP contribution in [0.2, 0.25) is 0 Å². The lowest BCUT2D eigenvalue weighted by atomic mass is 9.98. The Hall–Kier alpha value is -0.680. The SMILES string of the molecule is CSC1(NC2CCCCCCCCCCC2)NC(=O)C=C(C)N1. The number of carbonyl (C=O) groups is 1. The van der Waals surface area contributed by atoms with E-state index in [1.54, 1.807) is 17.8 Å². The van der Waals surface area contributed by atoms with Gasteiger partial charge in [0, 0.05) is 17.8 Å². The third-order valence-corrected chi connectivity index (χ3v) is 5.77. The summed E-state index contributed by atoms with van der Waals surface area (Å²) >= 11 is 1.63. The molecule has 132 valence electrons. The van der Waals surface area contributed by atoms with E-state index in [9.17, 15) is 4.79 Å². The quantitative estimate of drug-likeness (QED) is 0.684. The Morgan fingerprint density at radius 2 is 1.52 bits per heavy atom. The number of nitrogens with one attached hydrogen (secondary N) is 3. The number of hydrogen-bond donors (Lipinski definition) is 3. The Kier molecular flexibility index (Phi) is 7.77. The van der Waals surface area contributed by atoms with Crippen molar-refractivity contribution < 1.29 is 4.79 Å². The molecule has 1 heterocycles. The van der Waals surface area contributed by atoms with Gasteiger partial charge in [-0.15, -0.1) is 0 Å². The van der Waals surface area contributed by atoms with Crippen molar-refractivity contribution in [3.05, 3.63) is 11.8 Å². The smallest absolute Gasteiger partial charge is 0.249 e. The normalized spacial score (nSPS) is 28.8. The number of allylic oxidation sites excluding steroid dienone is 1. The molecule has 1 amide bonds. The molecule has 1 atom stereocenters. The molecule has 4 nitrogen and oxygen atoms in total. The summed E-state index contributed by atoms with van der Waals surface area (Å²) in [5, 5.41) is 9.65. The molecule has 1 aliphatic heterocycles. The first-order valence-corrected chi connectivity index (χ1v) is 10.5. The molecule has 0 saturated heterocycles. The minimum atomic E-state index is -0.558. The van der Waals surface area contributed by atoms with E-state index in [2.05, 4.69) is 16.0 Å². The fourth-order valence-corrected chi connectivity index (χ4v) is 4.33. The molecule has 0 aromatic heterocycles. The van der Waals surface area contributed by atoms with Crippen molar-refractivity contribution in [3.8, 4) is 0 Å². The second kappa shape index (κ2) is 9.58. The van der Waals surface area contributed by atoms with E-state index in [0.29, 0.717) is 6.04 Å². The fourth-order valence-electron chi connectivity index (χ4n) is 3.58. The minimum absolute atomic E-state index is 0.0174. The van der Waals surface area contributed by atoms with Crippen molar-refractivity contribution in [1.82, 2.24) is 16.0 Å². The molecule has 0 spiro atoms. The van der Waals surface area contributed by atoms with E-state index < -0.39 is 5.12 Å². The Labute approximate surface area is 145 Å². The van der Waals surface area contributed by atoms with E-state index in [1.165, 1.54) is 70.6 Å². The third kappa shape index (κ3) is 6.38. The molecule has 0 aromatic rings. The molecule has 2 aliphatic rings. The highest BCUT2D eigenvalue weighted by Gasteiger charge is 2.35. The van der Waals surface area contributed by atoms with Crippen LogP contribution in [0.1, 0.15) is 77.6 Å². The van der Waals surface area contributed by atoms with Gasteiger partial charge in [-0.1, -0.05) is 69.5 Å². The van der Waals surface area contributed by atoms with Crippen LogP contribution in [0.25, 0.3) is 0 Å². The van der Waals surface area contributed by atoms with Crippen LogP contribution in [-0.2, 0) is 4.79 Å². The van der Waals surface area contributed by atoms with Gasteiger partial charge in [-0.3, -0.25) is 10.1 Å². The van der Waals surface area contributed by atoms with Crippen molar-refractivity contribution in [2.24, 2.45) is 0 Å². The monoisotopic (exact) mass is 339 g/mol. The lowest BCUT2D eigenvalue weighted by Gasteiger charge is -2.41. The standard InChI is InChI=1S/C18H33N3OS/c1-15-14-17(22)21-18(19-15,23-2)20-16-12-10-8-6-4-3-5-7-9-11-13-16/h14,16,19-20H,3-13H2,1-2H3,(H,21,22). The molecule has 0 bridgehead atoms. The van der Waals surface area contributed by atoms with Crippen molar-refractivity contribution >= 4 is 17.7 Å².